The van der Waals surface area contributed by atoms with Gasteiger partial charge in [0.25, 0.3) is 5.91 Å². The van der Waals surface area contributed by atoms with E-state index in [1.807, 2.05) is 0 Å². The van der Waals surface area contributed by atoms with Gasteiger partial charge < -0.3 is 5.32 Å². The number of thiophene rings is 1. The van der Waals surface area contributed by atoms with E-state index in [4.69, 9.17) is 16.7 Å². The second-order valence-corrected chi connectivity index (χ2v) is 7.06. The Morgan fingerprint density at radius 2 is 2.05 bits per heavy atom. The molecule has 3 N–H and O–H groups in total. The second kappa shape index (κ2) is 5.72. The molecule has 0 fully saturated rings. The molecule has 5 nitrogen and oxygen atoms in total. The Labute approximate surface area is 129 Å². The third kappa shape index (κ3) is 3.59. The van der Waals surface area contributed by atoms with E-state index in [1.165, 1.54) is 0 Å². The maximum Gasteiger partial charge on any atom is 0.267 e. The van der Waals surface area contributed by atoms with E-state index in [2.05, 4.69) is 5.32 Å². The molecule has 112 valence electrons. The molecule has 0 aliphatic carbocycles. The highest BCUT2D eigenvalue weighted by Crippen LogP contribution is 2.28. The Bertz CT molecular complexity index is 818. The van der Waals surface area contributed by atoms with Crippen molar-refractivity contribution in [2.75, 3.05) is 5.32 Å². The third-order valence-electron chi connectivity index (χ3n) is 2.56. The topological polar surface area (TPSA) is 89.3 Å². The van der Waals surface area contributed by atoms with Crippen molar-refractivity contribution >= 4 is 44.6 Å². The predicted octanol–water partition coefficient (Wildman–Crippen LogP) is 2.75. The van der Waals surface area contributed by atoms with Crippen LogP contribution in [0.15, 0.2) is 28.5 Å². The van der Waals surface area contributed by atoms with Crippen LogP contribution in [0.2, 0.25) is 5.02 Å². The summed E-state index contributed by atoms with van der Waals surface area (Å²) in [6, 6.07) is 2.83. The van der Waals surface area contributed by atoms with E-state index in [-0.39, 0.29) is 10.6 Å². The number of nitrogens with one attached hydrogen (secondary N) is 1. The van der Waals surface area contributed by atoms with Gasteiger partial charge in [0.05, 0.1) is 9.92 Å². The van der Waals surface area contributed by atoms with Gasteiger partial charge in [-0.15, -0.1) is 11.3 Å². The summed E-state index contributed by atoms with van der Waals surface area (Å²) in [6.07, 6.45) is 0. The number of aryl methyl sites for hydroxylation is 1. The molecule has 1 amide bonds. The molecule has 0 saturated carbocycles. The molecule has 0 atom stereocenters. The molecule has 0 saturated heterocycles. The zero-order chi connectivity index (χ0) is 15.8. The van der Waals surface area contributed by atoms with Crippen LogP contribution >= 0.6 is 22.9 Å². The van der Waals surface area contributed by atoms with Gasteiger partial charge in [0, 0.05) is 5.69 Å². The molecule has 2 rings (SSSR count). The van der Waals surface area contributed by atoms with Crippen LogP contribution in [0.4, 0.5) is 10.1 Å². The molecule has 21 heavy (non-hydrogen) atoms. The van der Waals surface area contributed by atoms with E-state index in [0.29, 0.717) is 5.02 Å². The summed E-state index contributed by atoms with van der Waals surface area (Å²) in [5.41, 5.74) is 0.724. The van der Waals surface area contributed by atoms with E-state index < -0.39 is 26.6 Å². The molecule has 0 unspecified atom stereocenters. The first-order chi connectivity index (χ1) is 9.68. The normalized spacial score (nSPS) is 11.4. The van der Waals surface area contributed by atoms with Crippen molar-refractivity contribution in [3.63, 3.8) is 0 Å². The van der Waals surface area contributed by atoms with Crippen LogP contribution in [0, 0.1) is 12.7 Å². The van der Waals surface area contributed by atoms with Gasteiger partial charge in [-0.25, -0.2) is 17.9 Å². The minimum absolute atomic E-state index is 0.0221. The number of primary sulfonamides is 1. The van der Waals surface area contributed by atoms with Crippen LogP contribution in [-0.4, -0.2) is 14.3 Å². The lowest BCUT2D eigenvalue weighted by Crippen LogP contribution is -2.15. The number of carbonyl (C=O) groups is 1. The number of hydrogen-bond acceptors (Lipinski definition) is 4. The van der Waals surface area contributed by atoms with Crippen LogP contribution in [0.25, 0.3) is 0 Å². The number of carbonyl (C=O) groups excluding carboxylic acids is 1. The monoisotopic (exact) mass is 348 g/mol. The van der Waals surface area contributed by atoms with Crippen LogP contribution in [0.5, 0.6) is 0 Å². The summed E-state index contributed by atoms with van der Waals surface area (Å²) in [7, 11) is -4.07. The lowest BCUT2D eigenvalue weighted by molar-refractivity contribution is 0.103. The maximum atomic E-state index is 13.4. The average molecular weight is 349 g/mol. The highest BCUT2D eigenvalue weighted by Gasteiger charge is 2.17. The summed E-state index contributed by atoms with van der Waals surface area (Å²) < 4.78 is 35.9. The van der Waals surface area contributed by atoms with Gasteiger partial charge in [0.15, 0.2) is 0 Å². The number of benzene rings is 1. The molecule has 1 heterocycles. The van der Waals surface area contributed by atoms with Crippen molar-refractivity contribution in [1.82, 2.24) is 0 Å². The third-order valence-corrected chi connectivity index (χ3v) is 5.15. The van der Waals surface area contributed by atoms with E-state index in [9.17, 15) is 17.6 Å². The highest BCUT2D eigenvalue weighted by atomic mass is 35.5. The summed E-state index contributed by atoms with van der Waals surface area (Å²) in [6.45, 7) is 1.75. The fourth-order valence-electron chi connectivity index (χ4n) is 1.57. The number of amides is 1. The van der Waals surface area contributed by atoms with Crippen LogP contribution < -0.4 is 10.5 Å². The Hall–Kier alpha value is -1.48. The largest absolute Gasteiger partial charge is 0.321 e. The fourth-order valence-corrected chi connectivity index (χ4v) is 3.31. The number of rotatable bonds is 3. The molecule has 2 aromatic rings. The number of nitrogens with two attached hydrogens (primary N) is 1. The average Bonchev–Trinajstić information content (AvgIpc) is 2.68. The molecule has 0 radical (unpaired) electrons. The van der Waals surface area contributed by atoms with E-state index >= 15 is 0 Å². The Balaban J connectivity index is 2.34. The first-order valence-corrected chi connectivity index (χ1v) is 8.37. The van der Waals surface area contributed by atoms with Gasteiger partial charge in [-0.1, -0.05) is 11.6 Å². The zero-order valence-corrected chi connectivity index (χ0v) is 13.1. The predicted molar refractivity (Wildman–Crippen MR) is 79.8 cm³/mol. The van der Waals surface area contributed by atoms with Gasteiger partial charge in [-0.05, 0) is 36.1 Å². The van der Waals surface area contributed by atoms with Crippen molar-refractivity contribution in [2.45, 2.75) is 11.8 Å². The van der Waals surface area contributed by atoms with Gasteiger partial charge >= 0.3 is 0 Å². The smallest absolute Gasteiger partial charge is 0.267 e. The molecule has 9 heteroatoms. The zero-order valence-electron chi connectivity index (χ0n) is 10.7. The van der Waals surface area contributed by atoms with Crippen LogP contribution in [0.3, 0.4) is 0 Å². The van der Waals surface area contributed by atoms with Gasteiger partial charge in [0.2, 0.25) is 10.0 Å². The quantitative estimate of drug-likeness (QED) is 0.893. The minimum Gasteiger partial charge on any atom is -0.321 e. The molecule has 0 bridgehead atoms. The lowest BCUT2D eigenvalue weighted by Gasteiger charge is -2.07. The summed E-state index contributed by atoms with van der Waals surface area (Å²) in [4.78, 5) is 11.9. The molecular formula is C12H10ClFN2O3S2. The Morgan fingerprint density at radius 1 is 1.38 bits per heavy atom. The Kier molecular flexibility index (Phi) is 4.33. The number of hydrogen-bond donors (Lipinski definition) is 2. The molecular weight excluding hydrogens is 339 g/mol. The van der Waals surface area contributed by atoms with Crippen LogP contribution in [0.1, 0.15) is 15.2 Å². The SMILES string of the molecule is Cc1csc(C(=O)Nc2cc(F)cc(S(N)(=O)=O)c2)c1Cl. The van der Waals surface area contributed by atoms with Gasteiger partial charge in [0.1, 0.15) is 10.7 Å². The highest BCUT2D eigenvalue weighted by molar-refractivity contribution is 7.89. The molecule has 1 aromatic heterocycles. The van der Waals surface area contributed by atoms with Gasteiger partial charge in [-0.2, -0.15) is 0 Å². The second-order valence-electron chi connectivity index (χ2n) is 4.24. The summed E-state index contributed by atoms with van der Waals surface area (Å²) in [5.74, 6) is -1.38. The molecule has 1 aromatic carbocycles. The summed E-state index contributed by atoms with van der Waals surface area (Å²) in [5, 5.41) is 9.34. The summed E-state index contributed by atoms with van der Waals surface area (Å²) >= 11 is 7.10. The molecule has 0 aliphatic heterocycles. The minimum atomic E-state index is -4.07. The Morgan fingerprint density at radius 3 is 2.57 bits per heavy atom. The van der Waals surface area contributed by atoms with E-state index in [1.54, 1.807) is 12.3 Å². The van der Waals surface area contributed by atoms with Crippen LogP contribution in [-0.2, 0) is 10.0 Å². The van der Waals surface area contributed by atoms with Crippen molar-refractivity contribution in [1.29, 1.82) is 0 Å². The van der Waals surface area contributed by atoms with Crippen molar-refractivity contribution < 1.29 is 17.6 Å². The van der Waals surface area contributed by atoms with Crippen molar-refractivity contribution in [3.8, 4) is 0 Å². The molecule has 0 spiro atoms. The first-order valence-electron chi connectivity index (χ1n) is 5.57. The number of halogens is 2. The number of sulfonamides is 1. The first kappa shape index (κ1) is 15.9. The van der Waals surface area contributed by atoms with Crippen molar-refractivity contribution in [2.24, 2.45) is 5.14 Å². The van der Waals surface area contributed by atoms with Gasteiger partial charge in [-0.3, -0.25) is 4.79 Å². The molecule has 0 aliphatic rings. The lowest BCUT2D eigenvalue weighted by atomic mass is 10.3. The number of anilines is 1. The van der Waals surface area contributed by atoms with E-state index in [0.717, 1.165) is 35.1 Å². The maximum absolute atomic E-state index is 13.4. The fraction of sp³-hybridized carbons (Fsp3) is 0.0833. The standard InChI is InChI=1S/C12H10ClFN2O3S2/c1-6-5-20-11(10(6)13)12(17)16-8-2-7(14)3-9(4-8)21(15,18)19/h2-5H,1H3,(H,16,17)(H2,15,18,19). The van der Waals surface area contributed by atoms with Crippen molar-refractivity contribution in [3.05, 3.63) is 44.9 Å².